The lowest BCUT2D eigenvalue weighted by Gasteiger charge is -1.94. The predicted octanol–water partition coefficient (Wildman–Crippen LogP) is 1.50. The van der Waals surface area contributed by atoms with Crippen molar-refractivity contribution in [3.63, 3.8) is 0 Å². The lowest BCUT2D eigenvalue weighted by atomic mass is 10.3. The summed E-state index contributed by atoms with van der Waals surface area (Å²) in [6, 6.07) is 1.55. The number of aliphatic imine (C=N–C) groups is 1. The Bertz CT molecular complexity index is 338. The Hall–Kier alpha value is -1.45. The van der Waals surface area contributed by atoms with E-state index in [0.29, 0.717) is 10.6 Å². The number of hydrogen-bond acceptors (Lipinski definition) is 5. The molecule has 1 heterocycles. The molecular formula is C7H5NO3S. The minimum absolute atomic E-state index is 0.297. The number of nitrogens with zero attached hydrogens (tertiary/aromatic N) is 1. The summed E-state index contributed by atoms with van der Waals surface area (Å²) in [4.78, 5) is 24.2. The van der Waals surface area contributed by atoms with E-state index in [1.165, 1.54) is 24.5 Å². The fourth-order valence-electron chi connectivity index (χ4n) is 0.695. The van der Waals surface area contributed by atoms with Gasteiger partial charge in [0.1, 0.15) is 5.00 Å². The average Bonchev–Trinajstić information content (AvgIpc) is 2.52. The smallest absolute Gasteiger partial charge is 0.340 e. The van der Waals surface area contributed by atoms with Crippen LogP contribution in [0.1, 0.15) is 10.4 Å². The maximum absolute atomic E-state index is 11.0. The Morgan fingerprint density at radius 2 is 2.50 bits per heavy atom. The Balaban J connectivity index is 3.06. The highest BCUT2D eigenvalue weighted by Gasteiger charge is 2.11. The summed E-state index contributed by atoms with van der Waals surface area (Å²) >= 11 is 1.19. The van der Waals surface area contributed by atoms with Crippen LogP contribution in [0.3, 0.4) is 0 Å². The molecule has 1 aromatic rings. The Labute approximate surface area is 72.5 Å². The summed E-state index contributed by atoms with van der Waals surface area (Å²) in [5, 5.41) is 1.99. The average molecular weight is 183 g/mol. The first kappa shape index (κ1) is 8.64. The normalized spacial score (nSPS) is 8.75. The molecule has 0 aromatic carbocycles. The molecule has 0 amide bonds. The summed E-state index contributed by atoms with van der Waals surface area (Å²) in [6.07, 6.45) is 1.37. The molecule has 62 valence electrons. The number of carbonyl (C=O) groups is 1. The number of rotatable bonds is 2. The summed E-state index contributed by atoms with van der Waals surface area (Å²) in [6.45, 7) is 0. The largest absolute Gasteiger partial charge is 0.465 e. The molecule has 0 aliphatic carbocycles. The first-order chi connectivity index (χ1) is 5.79. The second-order valence-electron chi connectivity index (χ2n) is 1.83. The van der Waals surface area contributed by atoms with Gasteiger partial charge in [-0.1, -0.05) is 0 Å². The van der Waals surface area contributed by atoms with Crippen LogP contribution in [0.4, 0.5) is 5.00 Å². The number of carbonyl (C=O) groups excluding carboxylic acids is 2. The number of esters is 1. The maximum Gasteiger partial charge on any atom is 0.340 e. The molecule has 1 aromatic heterocycles. The van der Waals surface area contributed by atoms with Crippen LogP contribution in [-0.2, 0) is 9.53 Å². The molecule has 0 bridgehead atoms. The second kappa shape index (κ2) is 3.80. The van der Waals surface area contributed by atoms with Gasteiger partial charge in [0.05, 0.1) is 12.7 Å². The Morgan fingerprint density at radius 3 is 3.08 bits per heavy atom. The van der Waals surface area contributed by atoms with Crippen molar-refractivity contribution in [2.24, 2.45) is 4.99 Å². The van der Waals surface area contributed by atoms with Gasteiger partial charge >= 0.3 is 5.97 Å². The number of hydrogen-bond donors (Lipinski definition) is 0. The molecule has 12 heavy (non-hydrogen) atoms. The first-order valence-corrected chi connectivity index (χ1v) is 3.91. The van der Waals surface area contributed by atoms with Gasteiger partial charge in [-0.3, -0.25) is 0 Å². The van der Waals surface area contributed by atoms with Crippen molar-refractivity contribution < 1.29 is 14.3 Å². The van der Waals surface area contributed by atoms with Gasteiger partial charge in [0.25, 0.3) is 0 Å². The van der Waals surface area contributed by atoms with Gasteiger partial charge in [-0.05, 0) is 11.4 Å². The van der Waals surface area contributed by atoms with E-state index in [4.69, 9.17) is 0 Å². The molecule has 4 nitrogen and oxygen atoms in total. The van der Waals surface area contributed by atoms with Crippen molar-refractivity contribution in [3.05, 3.63) is 17.0 Å². The van der Waals surface area contributed by atoms with Crippen LogP contribution in [0.25, 0.3) is 0 Å². The van der Waals surface area contributed by atoms with E-state index in [0.717, 1.165) is 0 Å². The van der Waals surface area contributed by atoms with E-state index >= 15 is 0 Å². The van der Waals surface area contributed by atoms with Gasteiger partial charge in [0.15, 0.2) is 0 Å². The topological polar surface area (TPSA) is 55.7 Å². The van der Waals surface area contributed by atoms with Crippen LogP contribution in [0.15, 0.2) is 16.4 Å². The summed E-state index contributed by atoms with van der Waals surface area (Å²) in [7, 11) is 1.27. The third-order valence-electron chi connectivity index (χ3n) is 1.20. The zero-order valence-corrected chi connectivity index (χ0v) is 7.05. The van der Waals surface area contributed by atoms with Crippen molar-refractivity contribution in [2.75, 3.05) is 7.11 Å². The molecule has 0 radical (unpaired) electrons. The van der Waals surface area contributed by atoms with E-state index in [-0.39, 0.29) is 0 Å². The van der Waals surface area contributed by atoms with Crippen molar-refractivity contribution in [2.45, 2.75) is 0 Å². The van der Waals surface area contributed by atoms with Gasteiger partial charge < -0.3 is 4.74 Å². The Kier molecular flexibility index (Phi) is 2.74. The molecule has 0 unspecified atom stereocenters. The highest BCUT2D eigenvalue weighted by atomic mass is 32.1. The lowest BCUT2D eigenvalue weighted by Crippen LogP contribution is -1.98. The van der Waals surface area contributed by atoms with E-state index in [9.17, 15) is 9.59 Å². The number of isocyanates is 1. The third-order valence-corrected chi connectivity index (χ3v) is 2.00. The van der Waals surface area contributed by atoms with E-state index in [1.54, 1.807) is 11.4 Å². The quantitative estimate of drug-likeness (QED) is 0.396. The molecule has 0 aliphatic heterocycles. The van der Waals surface area contributed by atoms with Gasteiger partial charge in [-0.2, -0.15) is 4.99 Å². The zero-order chi connectivity index (χ0) is 8.97. The number of thiophene rings is 1. The third kappa shape index (κ3) is 1.58. The number of ether oxygens (including phenoxy) is 1. The Morgan fingerprint density at radius 1 is 1.75 bits per heavy atom. The van der Waals surface area contributed by atoms with Gasteiger partial charge in [-0.15, -0.1) is 11.3 Å². The van der Waals surface area contributed by atoms with Crippen molar-refractivity contribution in [1.29, 1.82) is 0 Å². The van der Waals surface area contributed by atoms with Crippen LogP contribution in [0.5, 0.6) is 0 Å². The van der Waals surface area contributed by atoms with E-state index in [2.05, 4.69) is 9.73 Å². The van der Waals surface area contributed by atoms with Crippen LogP contribution < -0.4 is 0 Å². The molecule has 0 fully saturated rings. The SMILES string of the molecule is COC(=O)c1ccsc1N=C=O. The van der Waals surface area contributed by atoms with Gasteiger partial charge in [-0.25, -0.2) is 9.59 Å². The van der Waals surface area contributed by atoms with Gasteiger partial charge in [0.2, 0.25) is 6.08 Å². The molecule has 0 saturated heterocycles. The molecule has 5 heteroatoms. The monoisotopic (exact) mass is 183 g/mol. The molecule has 0 N–H and O–H groups in total. The van der Waals surface area contributed by atoms with Gasteiger partial charge in [0, 0.05) is 0 Å². The summed E-state index contributed by atoms with van der Waals surface area (Å²) in [5.41, 5.74) is 0.297. The van der Waals surface area contributed by atoms with Crippen LogP contribution in [0.2, 0.25) is 0 Å². The fraction of sp³-hybridized carbons (Fsp3) is 0.143. The molecule has 0 spiro atoms. The summed E-state index contributed by atoms with van der Waals surface area (Å²) < 4.78 is 4.46. The standard InChI is InChI=1S/C7H5NO3S/c1-11-7(10)5-2-3-12-6(5)8-4-9/h2-3H,1H3. The fourth-order valence-corrected chi connectivity index (χ4v) is 1.40. The molecule has 0 aliphatic rings. The molecule has 0 atom stereocenters. The van der Waals surface area contributed by atoms with Crippen LogP contribution >= 0.6 is 11.3 Å². The molecular weight excluding hydrogens is 178 g/mol. The highest BCUT2D eigenvalue weighted by molar-refractivity contribution is 7.14. The minimum atomic E-state index is -0.495. The number of methoxy groups -OCH3 is 1. The minimum Gasteiger partial charge on any atom is -0.465 e. The van der Waals surface area contributed by atoms with E-state index < -0.39 is 5.97 Å². The zero-order valence-electron chi connectivity index (χ0n) is 6.23. The second-order valence-corrected chi connectivity index (χ2v) is 2.73. The van der Waals surface area contributed by atoms with Crippen molar-refractivity contribution in [3.8, 4) is 0 Å². The maximum atomic E-state index is 11.0. The predicted molar refractivity (Wildman–Crippen MR) is 43.4 cm³/mol. The molecule has 1 rings (SSSR count). The highest BCUT2D eigenvalue weighted by Crippen LogP contribution is 2.26. The summed E-state index contributed by atoms with van der Waals surface area (Å²) in [5.74, 6) is -0.495. The molecule has 0 saturated carbocycles. The van der Waals surface area contributed by atoms with E-state index in [1.807, 2.05) is 0 Å². The van der Waals surface area contributed by atoms with Crippen molar-refractivity contribution in [1.82, 2.24) is 0 Å². The lowest BCUT2D eigenvalue weighted by molar-refractivity contribution is 0.0602. The van der Waals surface area contributed by atoms with Crippen LogP contribution in [-0.4, -0.2) is 19.2 Å². The first-order valence-electron chi connectivity index (χ1n) is 3.03. The van der Waals surface area contributed by atoms with Crippen LogP contribution in [0, 0.1) is 0 Å². The van der Waals surface area contributed by atoms with Crippen molar-refractivity contribution >= 4 is 28.4 Å².